The fourth-order valence-corrected chi connectivity index (χ4v) is 3.25. The van der Waals surface area contributed by atoms with Gasteiger partial charge >= 0.3 is 0 Å². The molecule has 0 radical (unpaired) electrons. The fraction of sp³-hybridized carbons (Fsp3) is 0.529. The number of halogens is 1. The highest BCUT2D eigenvalue weighted by Crippen LogP contribution is 2.34. The molecule has 2 atom stereocenters. The van der Waals surface area contributed by atoms with Crippen LogP contribution in [0.15, 0.2) is 22.3 Å². The van der Waals surface area contributed by atoms with Crippen LogP contribution >= 0.6 is 0 Å². The second-order valence-electron chi connectivity index (χ2n) is 6.33. The number of nitrogens with zero attached hydrogens (tertiary/aromatic N) is 3. The number of hydrogen-bond donors (Lipinski definition) is 0. The Balaban J connectivity index is 1.94. The van der Waals surface area contributed by atoms with Crippen LogP contribution in [0.4, 0.5) is 10.1 Å². The summed E-state index contributed by atoms with van der Waals surface area (Å²) in [4.78, 5) is 2.32. The van der Waals surface area contributed by atoms with E-state index >= 15 is 0 Å². The van der Waals surface area contributed by atoms with Crippen LogP contribution in [-0.4, -0.2) is 24.0 Å². The molecule has 2 aliphatic rings. The van der Waals surface area contributed by atoms with Crippen LogP contribution in [0, 0.1) is 18.7 Å². The van der Waals surface area contributed by atoms with Crippen LogP contribution in [0.5, 0.6) is 0 Å². The molecule has 0 bridgehead atoms. The Bertz CT molecular complexity index is 633. The SMILES string of the molecule is CC1=NN=C(c2ccc(N3CCC(C)[C@@H]3C)c(C)c2F)C1. The van der Waals surface area contributed by atoms with Gasteiger partial charge in [-0.2, -0.15) is 10.2 Å². The van der Waals surface area contributed by atoms with E-state index in [0.717, 1.165) is 29.2 Å². The molecule has 0 spiro atoms. The molecule has 3 rings (SSSR count). The van der Waals surface area contributed by atoms with Crippen molar-refractivity contribution in [2.24, 2.45) is 16.1 Å². The maximum absolute atomic E-state index is 14.8. The zero-order valence-corrected chi connectivity index (χ0v) is 13.2. The van der Waals surface area contributed by atoms with E-state index in [1.54, 1.807) is 0 Å². The van der Waals surface area contributed by atoms with E-state index < -0.39 is 0 Å². The largest absolute Gasteiger partial charge is 0.368 e. The molecule has 0 amide bonds. The molecule has 0 aliphatic carbocycles. The van der Waals surface area contributed by atoms with Crippen molar-refractivity contribution in [3.8, 4) is 0 Å². The highest BCUT2D eigenvalue weighted by atomic mass is 19.1. The second-order valence-corrected chi connectivity index (χ2v) is 6.33. The van der Waals surface area contributed by atoms with E-state index in [9.17, 15) is 4.39 Å². The summed E-state index contributed by atoms with van der Waals surface area (Å²) in [5.74, 6) is 0.505. The van der Waals surface area contributed by atoms with Gasteiger partial charge < -0.3 is 4.90 Å². The van der Waals surface area contributed by atoms with Crippen LogP contribution in [0.25, 0.3) is 0 Å². The van der Waals surface area contributed by atoms with E-state index in [4.69, 9.17) is 0 Å². The number of anilines is 1. The average molecular weight is 287 g/mol. The summed E-state index contributed by atoms with van der Waals surface area (Å²) >= 11 is 0. The lowest BCUT2D eigenvalue weighted by Gasteiger charge is -2.28. The molecule has 2 heterocycles. The third-order valence-corrected chi connectivity index (χ3v) is 4.88. The Labute approximate surface area is 125 Å². The van der Waals surface area contributed by atoms with Gasteiger partial charge in [0, 0.05) is 41.5 Å². The molecule has 112 valence electrons. The summed E-state index contributed by atoms with van der Waals surface area (Å²) in [7, 11) is 0. The van der Waals surface area contributed by atoms with Gasteiger partial charge in [0.05, 0.1) is 5.71 Å². The predicted molar refractivity (Wildman–Crippen MR) is 86.0 cm³/mol. The summed E-state index contributed by atoms with van der Waals surface area (Å²) in [5, 5.41) is 8.11. The zero-order valence-electron chi connectivity index (χ0n) is 13.2. The predicted octanol–water partition coefficient (Wildman–Crippen LogP) is 3.94. The third-order valence-electron chi connectivity index (χ3n) is 4.88. The molecule has 1 aromatic rings. The molecule has 1 aromatic carbocycles. The summed E-state index contributed by atoms with van der Waals surface area (Å²) in [5.41, 5.74) is 4.01. The Morgan fingerprint density at radius 2 is 1.95 bits per heavy atom. The minimum atomic E-state index is -0.150. The van der Waals surface area contributed by atoms with Crippen molar-refractivity contribution >= 4 is 17.1 Å². The van der Waals surface area contributed by atoms with Gasteiger partial charge in [-0.05, 0) is 45.2 Å². The van der Waals surface area contributed by atoms with Gasteiger partial charge in [-0.25, -0.2) is 4.39 Å². The van der Waals surface area contributed by atoms with Crippen molar-refractivity contribution in [3.63, 3.8) is 0 Å². The first-order valence-corrected chi connectivity index (χ1v) is 7.65. The zero-order chi connectivity index (χ0) is 15.1. The lowest BCUT2D eigenvalue weighted by atomic mass is 10.00. The summed E-state index contributed by atoms with van der Waals surface area (Å²) in [6.45, 7) is 9.28. The van der Waals surface area contributed by atoms with Gasteiger partial charge in [-0.15, -0.1) is 0 Å². The van der Waals surface area contributed by atoms with E-state index in [1.807, 2.05) is 26.0 Å². The highest BCUT2D eigenvalue weighted by Gasteiger charge is 2.29. The molecule has 0 N–H and O–H groups in total. The summed E-state index contributed by atoms with van der Waals surface area (Å²) < 4.78 is 14.8. The van der Waals surface area contributed by atoms with Gasteiger partial charge in [0.2, 0.25) is 0 Å². The average Bonchev–Trinajstić information content (AvgIpc) is 3.01. The first-order chi connectivity index (χ1) is 9.99. The first kappa shape index (κ1) is 14.2. The van der Waals surface area contributed by atoms with Crippen molar-refractivity contribution < 1.29 is 4.39 Å². The third kappa shape index (κ3) is 2.37. The maximum Gasteiger partial charge on any atom is 0.137 e. The lowest BCUT2D eigenvalue weighted by Crippen LogP contribution is -2.30. The standard InChI is InChI=1S/C17H22FN3/c1-10-7-8-21(13(10)4)16-6-5-14(17(18)12(16)3)15-9-11(2)19-20-15/h5-6,10,13H,7-9H2,1-4H3/t10?,13-/m0/s1. The smallest absolute Gasteiger partial charge is 0.137 e. The van der Waals surface area contributed by atoms with Crippen molar-refractivity contribution in [2.75, 3.05) is 11.4 Å². The molecule has 1 unspecified atom stereocenters. The monoisotopic (exact) mass is 287 g/mol. The minimum absolute atomic E-state index is 0.150. The summed E-state index contributed by atoms with van der Waals surface area (Å²) in [6.07, 6.45) is 1.82. The van der Waals surface area contributed by atoms with Crippen molar-refractivity contribution in [1.82, 2.24) is 0 Å². The van der Waals surface area contributed by atoms with E-state index in [0.29, 0.717) is 23.9 Å². The molecule has 0 aromatic heterocycles. The van der Waals surface area contributed by atoms with Crippen molar-refractivity contribution in [1.29, 1.82) is 0 Å². The topological polar surface area (TPSA) is 28.0 Å². The molecule has 4 heteroatoms. The van der Waals surface area contributed by atoms with Gasteiger partial charge in [0.25, 0.3) is 0 Å². The Hall–Kier alpha value is -1.71. The van der Waals surface area contributed by atoms with Crippen LogP contribution in [-0.2, 0) is 0 Å². The molecule has 21 heavy (non-hydrogen) atoms. The highest BCUT2D eigenvalue weighted by molar-refractivity contribution is 6.14. The lowest BCUT2D eigenvalue weighted by molar-refractivity contribution is 0.544. The minimum Gasteiger partial charge on any atom is -0.368 e. The molecule has 0 saturated carbocycles. The van der Waals surface area contributed by atoms with Gasteiger partial charge in [0.15, 0.2) is 0 Å². The Morgan fingerprint density at radius 3 is 2.52 bits per heavy atom. The number of hydrogen-bond acceptors (Lipinski definition) is 3. The Morgan fingerprint density at radius 1 is 1.19 bits per heavy atom. The van der Waals surface area contributed by atoms with E-state index in [1.165, 1.54) is 6.42 Å². The fourth-order valence-electron chi connectivity index (χ4n) is 3.25. The Kier molecular flexibility index (Phi) is 3.56. The first-order valence-electron chi connectivity index (χ1n) is 7.65. The van der Waals surface area contributed by atoms with E-state index in [-0.39, 0.29) is 5.82 Å². The number of rotatable bonds is 2. The molecular formula is C17H22FN3. The van der Waals surface area contributed by atoms with Crippen molar-refractivity contribution in [2.45, 2.75) is 46.6 Å². The van der Waals surface area contributed by atoms with E-state index in [2.05, 4.69) is 29.0 Å². The van der Waals surface area contributed by atoms with Gasteiger partial charge in [-0.3, -0.25) is 0 Å². The number of benzene rings is 1. The molecule has 1 saturated heterocycles. The molecular weight excluding hydrogens is 265 g/mol. The quantitative estimate of drug-likeness (QED) is 0.809. The molecule has 2 aliphatic heterocycles. The normalized spacial score (nSPS) is 25.3. The van der Waals surface area contributed by atoms with Crippen LogP contribution in [0.1, 0.15) is 44.7 Å². The summed E-state index contributed by atoms with van der Waals surface area (Å²) in [6, 6.07) is 4.36. The van der Waals surface area contributed by atoms with Crippen LogP contribution in [0.3, 0.4) is 0 Å². The van der Waals surface area contributed by atoms with Gasteiger partial charge in [-0.1, -0.05) is 6.92 Å². The molecule has 3 nitrogen and oxygen atoms in total. The van der Waals surface area contributed by atoms with Gasteiger partial charge in [0.1, 0.15) is 5.82 Å². The van der Waals surface area contributed by atoms with Crippen molar-refractivity contribution in [3.05, 3.63) is 29.1 Å². The second kappa shape index (κ2) is 5.24. The van der Waals surface area contributed by atoms with Crippen LogP contribution in [0.2, 0.25) is 0 Å². The van der Waals surface area contributed by atoms with Crippen LogP contribution < -0.4 is 4.90 Å². The molecule has 1 fully saturated rings. The maximum atomic E-state index is 14.8.